The van der Waals surface area contributed by atoms with E-state index in [9.17, 15) is 4.79 Å². The van der Waals surface area contributed by atoms with Crippen LogP contribution in [-0.2, 0) is 7.05 Å². The van der Waals surface area contributed by atoms with Crippen molar-refractivity contribution < 1.29 is 4.79 Å². The maximum atomic E-state index is 11.5. The fraction of sp³-hybridized carbons (Fsp3) is 0.636. The Labute approximate surface area is 90.7 Å². The van der Waals surface area contributed by atoms with E-state index >= 15 is 0 Å². The van der Waals surface area contributed by atoms with Gasteiger partial charge in [-0.2, -0.15) is 5.10 Å². The van der Waals surface area contributed by atoms with Crippen molar-refractivity contribution in [3.8, 4) is 0 Å². The summed E-state index contributed by atoms with van der Waals surface area (Å²) in [6, 6.07) is 0. The van der Waals surface area contributed by atoms with Crippen molar-refractivity contribution in [2.45, 2.75) is 26.7 Å². The largest absolute Gasteiger partial charge is 0.352 e. The fourth-order valence-corrected chi connectivity index (χ4v) is 1.35. The van der Waals surface area contributed by atoms with Crippen molar-refractivity contribution in [2.24, 2.45) is 13.0 Å². The number of nitrogens with zero attached hydrogens (tertiary/aromatic N) is 2. The summed E-state index contributed by atoms with van der Waals surface area (Å²) in [5.41, 5.74) is 0.627. The van der Waals surface area contributed by atoms with Gasteiger partial charge in [-0.15, -0.1) is 0 Å². The highest BCUT2D eigenvalue weighted by atomic mass is 16.1. The van der Waals surface area contributed by atoms with E-state index in [0.717, 1.165) is 19.4 Å². The summed E-state index contributed by atoms with van der Waals surface area (Å²) in [6.07, 6.45) is 5.48. The van der Waals surface area contributed by atoms with E-state index in [1.807, 2.05) is 0 Å². The second kappa shape index (κ2) is 5.53. The van der Waals surface area contributed by atoms with Crippen molar-refractivity contribution in [3.05, 3.63) is 18.0 Å². The summed E-state index contributed by atoms with van der Waals surface area (Å²) in [5.74, 6) is 0.659. The van der Waals surface area contributed by atoms with Crippen molar-refractivity contribution in [1.82, 2.24) is 15.1 Å². The lowest BCUT2D eigenvalue weighted by atomic mass is 10.1. The Kier molecular flexibility index (Phi) is 4.34. The molecule has 0 bridgehead atoms. The quantitative estimate of drug-likeness (QED) is 0.748. The van der Waals surface area contributed by atoms with Crippen LogP contribution in [0.25, 0.3) is 0 Å². The molecular formula is C11H19N3O. The summed E-state index contributed by atoms with van der Waals surface area (Å²) in [7, 11) is 1.80. The molecule has 0 aliphatic carbocycles. The van der Waals surface area contributed by atoms with Gasteiger partial charge in [-0.1, -0.05) is 13.8 Å². The van der Waals surface area contributed by atoms with Crippen molar-refractivity contribution in [3.63, 3.8) is 0 Å². The van der Waals surface area contributed by atoms with Crippen LogP contribution >= 0.6 is 0 Å². The molecule has 15 heavy (non-hydrogen) atoms. The van der Waals surface area contributed by atoms with Gasteiger partial charge in [-0.05, 0) is 18.8 Å². The van der Waals surface area contributed by atoms with Crippen molar-refractivity contribution in [2.75, 3.05) is 6.54 Å². The molecule has 0 unspecified atom stereocenters. The average Bonchev–Trinajstić information content (AvgIpc) is 2.59. The van der Waals surface area contributed by atoms with Crippen LogP contribution in [0.15, 0.2) is 12.4 Å². The van der Waals surface area contributed by atoms with E-state index in [4.69, 9.17) is 0 Å². The summed E-state index contributed by atoms with van der Waals surface area (Å²) >= 11 is 0. The predicted molar refractivity (Wildman–Crippen MR) is 59.6 cm³/mol. The Morgan fingerprint density at radius 3 is 2.87 bits per heavy atom. The molecule has 1 aromatic heterocycles. The Bertz CT molecular complexity index is 317. The van der Waals surface area contributed by atoms with Gasteiger partial charge in [0.15, 0.2) is 0 Å². The van der Waals surface area contributed by atoms with Crippen LogP contribution in [0.3, 0.4) is 0 Å². The fourth-order valence-electron chi connectivity index (χ4n) is 1.35. The van der Waals surface area contributed by atoms with Crippen LogP contribution in [0.5, 0.6) is 0 Å². The first-order valence-electron chi connectivity index (χ1n) is 5.36. The van der Waals surface area contributed by atoms with Crippen molar-refractivity contribution in [1.29, 1.82) is 0 Å². The molecular weight excluding hydrogens is 190 g/mol. The maximum absolute atomic E-state index is 11.5. The monoisotopic (exact) mass is 209 g/mol. The van der Waals surface area contributed by atoms with Crippen LogP contribution in [-0.4, -0.2) is 22.2 Å². The maximum Gasteiger partial charge on any atom is 0.254 e. The summed E-state index contributed by atoms with van der Waals surface area (Å²) < 4.78 is 1.63. The standard InChI is InChI=1S/C11H19N3O/c1-9(2)5-4-6-12-11(15)10-7-13-14(3)8-10/h7-9H,4-6H2,1-3H3,(H,12,15). The van der Waals surface area contributed by atoms with Crippen LogP contribution in [0, 0.1) is 5.92 Å². The third-order valence-electron chi connectivity index (χ3n) is 2.21. The Morgan fingerprint density at radius 1 is 1.60 bits per heavy atom. The van der Waals surface area contributed by atoms with Gasteiger partial charge in [0.05, 0.1) is 11.8 Å². The molecule has 1 rings (SSSR count). The minimum absolute atomic E-state index is 0.0353. The summed E-state index contributed by atoms with van der Waals surface area (Å²) in [5, 5.41) is 6.83. The molecule has 1 heterocycles. The molecule has 1 aromatic rings. The smallest absolute Gasteiger partial charge is 0.254 e. The van der Waals surface area contributed by atoms with Gasteiger partial charge >= 0.3 is 0 Å². The molecule has 0 atom stereocenters. The van der Waals surface area contributed by atoms with E-state index in [-0.39, 0.29) is 5.91 Å². The van der Waals surface area contributed by atoms with E-state index in [0.29, 0.717) is 11.5 Å². The van der Waals surface area contributed by atoms with E-state index in [1.165, 1.54) is 0 Å². The highest BCUT2D eigenvalue weighted by molar-refractivity contribution is 5.93. The second-order valence-electron chi connectivity index (χ2n) is 4.19. The van der Waals surface area contributed by atoms with Crippen LogP contribution in [0.4, 0.5) is 0 Å². The number of aryl methyl sites for hydroxylation is 1. The summed E-state index contributed by atoms with van der Waals surface area (Å²) in [4.78, 5) is 11.5. The zero-order valence-electron chi connectivity index (χ0n) is 9.66. The SMILES string of the molecule is CC(C)CCCNC(=O)c1cnn(C)c1. The highest BCUT2D eigenvalue weighted by Crippen LogP contribution is 2.02. The van der Waals surface area contributed by atoms with Gasteiger partial charge in [0, 0.05) is 19.8 Å². The van der Waals surface area contributed by atoms with Gasteiger partial charge in [0.1, 0.15) is 0 Å². The number of carbonyl (C=O) groups excluding carboxylic acids is 1. The molecule has 4 nitrogen and oxygen atoms in total. The first-order valence-corrected chi connectivity index (χ1v) is 5.36. The molecule has 0 aliphatic heterocycles. The molecule has 0 fully saturated rings. The van der Waals surface area contributed by atoms with Gasteiger partial charge in [-0.3, -0.25) is 9.48 Å². The third kappa shape index (κ3) is 4.14. The number of aromatic nitrogens is 2. The summed E-state index contributed by atoms with van der Waals surface area (Å²) in [6.45, 7) is 5.11. The zero-order valence-corrected chi connectivity index (χ0v) is 9.66. The lowest BCUT2D eigenvalue weighted by Gasteiger charge is -2.05. The van der Waals surface area contributed by atoms with Crippen LogP contribution < -0.4 is 5.32 Å². The molecule has 84 valence electrons. The van der Waals surface area contributed by atoms with Gasteiger partial charge in [0.25, 0.3) is 5.91 Å². The molecule has 1 amide bonds. The molecule has 0 aromatic carbocycles. The molecule has 1 N–H and O–H groups in total. The van der Waals surface area contributed by atoms with Gasteiger partial charge < -0.3 is 5.32 Å². The number of hydrogen-bond donors (Lipinski definition) is 1. The first-order chi connectivity index (χ1) is 7.09. The highest BCUT2D eigenvalue weighted by Gasteiger charge is 2.06. The molecule has 0 saturated heterocycles. The minimum atomic E-state index is -0.0353. The zero-order chi connectivity index (χ0) is 11.3. The van der Waals surface area contributed by atoms with Gasteiger partial charge in [-0.25, -0.2) is 0 Å². The molecule has 0 spiro atoms. The number of carbonyl (C=O) groups is 1. The number of amides is 1. The molecule has 0 saturated carbocycles. The minimum Gasteiger partial charge on any atom is -0.352 e. The van der Waals surface area contributed by atoms with E-state index in [1.54, 1.807) is 24.1 Å². The predicted octanol–water partition coefficient (Wildman–Crippen LogP) is 1.59. The normalized spacial score (nSPS) is 10.7. The topological polar surface area (TPSA) is 46.9 Å². The number of hydrogen-bond acceptors (Lipinski definition) is 2. The van der Waals surface area contributed by atoms with Crippen LogP contribution in [0.2, 0.25) is 0 Å². The lowest BCUT2D eigenvalue weighted by molar-refractivity contribution is 0.0952. The Balaban J connectivity index is 2.25. The van der Waals surface area contributed by atoms with Gasteiger partial charge in [0.2, 0.25) is 0 Å². The molecule has 0 aliphatic rings. The van der Waals surface area contributed by atoms with Crippen LogP contribution in [0.1, 0.15) is 37.0 Å². The van der Waals surface area contributed by atoms with E-state index in [2.05, 4.69) is 24.3 Å². The van der Waals surface area contributed by atoms with E-state index < -0.39 is 0 Å². The van der Waals surface area contributed by atoms with Crippen molar-refractivity contribution >= 4 is 5.91 Å². The lowest BCUT2D eigenvalue weighted by Crippen LogP contribution is -2.24. The Morgan fingerprint density at radius 2 is 2.33 bits per heavy atom. The number of rotatable bonds is 5. The second-order valence-corrected chi connectivity index (χ2v) is 4.19. The molecule has 0 radical (unpaired) electrons. The Hall–Kier alpha value is -1.32. The number of nitrogens with one attached hydrogen (secondary N) is 1. The molecule has 4 heteroatoms. The third-order valence-corrected chi connectivity index (χ3v) is 2.21. The average molecular weight is 209 g/mol. The first kappa shape index (κ1) is 11.8.